The van der Waals surface area contributed by atoms with Crippen LogP contribution in [0.3, 0.4) is 0 Å². The maximum absolute atomic E-state index is 11.9. The fourth-order valence-electron chi connectivity index (χ4n) is 2.67. The minimum atomic E-state index is -0.283. The molecule has 3 heteroatoms. The topological polar surface area (TPSA) is 38.3 Å². The zero-order valence-corrected chi connectivity index (χ0v) is 14.9. The normalized spacial score (nSPS) is 10.1. The predicted octanol–water partition coefficient (Wildman–Crippen LogP) is 3.87. The SMILES string of the molecule is CC#Cc1cc(CCCCCCNCC)c(C)c(C(=O)OC)c1. The largest absolute Gasteiger partial charge is 0.465 e. The van der Waals surface area contributed by atoms with Gasteiger partial charge in [0.1, 0.15) is 0 Å². The first-order valence-corrected chi connectivity index (χ1v) is 8.49. The Labute approximate surface area is 140 Å². The highest BCUT2D eigenvalue weighted by atomic mass is 16.5. The summed E-state index contributed by atoms with van der Waals surface area (Å²) in [5, 5.41) is 3.35. The van der Waals surface area contributed by atoms with Crippen molar-refractivity contribution in [1.29, 1.82) is 0 Å². The second kappa shape index (κ2) is 10.9. The van der Waals surface area contributed by atoms with Gasteiger partial charge in [0, 0.05) is 5.56 Å². The van der Waals surface area contributed by atoms with Crippen LogP contribution in [0.5, 0.6) is 0 Å². The van der Waals surface area contributed by atoms with E-state index in [1.807, 2.05) is 19.9 Å². The van der Waals surface area contributed by atoms with Crippen LogP contribution in [0.15, 0.2) is 12.1 Å². The van der Waals surface area contributed by atoms with Gasteiger partial charge in [0.2, 0.25) is 0 Å². The molecule has 0 saturated carbocycles. The zero-order chi connectivity index (χ0) is 17.1. The number of methoxy groups -OCH3 is 1. The molecule has 0 aromatic heterocycles. The zero-order valence-electron chi connectivity index (χ0n) is 14.9. The Morgan fingerprint density at radius 2 is 1.96 bits per heavy atom. The number of esters is 1. The van der Waals surface area contributed by atoms with Gasteiger partial charge in [0.25, 0.3) is 0 Å². The van der Waals surface area contributed by atoms with Crippen molar-refractivity contribution >= 4 is 5.97 Å². The Morgan fingerprint density at radius 1 is 1.22 bits per heavy atom. The van der Waals surface area contributed by atoms with Crippen molar-refractivity contribution in [2.75, 3.05) is 20.2 Å². The molecule has 23 heavy (non-hydrogen) atoms. The molecule has 0 radical (unpaired) electrons. The summed E-state index contributed by atoms with van der Waals surface area (Å²) in [5.41, 5.74) is 3.75. The molecule has 0 spiro atoms. The van der Waals surface area contributed by atoms with Gasteiger partial charge in [-0.1, -0.05) is 25.7 Å². The Morgan fingerprint density at radius 3 is 2.61 bits per heavy atom. The van der Waals surface area contributed by atoms with Gasteiger partial charge in [0.05, 0.1) is 12.7 Å². The Hall–Kier alpha value is -1.79. The van der Waals surface area contributed by atoms with Crippen LogP contribution in [0.2, 0.25) is 0 Å². The summed E-state index contributed by atoms with van der Waals surface area (Å²) in [6.07, 6.45) is 5.79. The van der Waals surface area contributed by atoms with Gasteiger partial charge in [0.15, 0.2) is 0 Å². The minimum Gasteiger partial charge on any atom is -0.465 e. The molecule has 0 heterocycles. The van der Waals surface area contributed by atoms with Crippen molar-refractivity contribution < 1.29 is 9.53 Å². The smallest absolute Gasteiger partial charge is 0.338 e. The molecule has 0 bridgehead atoms. The molecule has 0 fully saturated rings. The van der Waals surface area contributed by atoms with Crippen molar-refractivity contribution in [3.8, 4) is 11.8 Å². The fourth-order valence-corrected chi connectivity index (χ4v) is 2.67. The number of unbranched alkanes of at least 4 members (excludes halogenated alkanes) is 3. The quantitative estimate of drug-likeness (QED) is 0.427. The summed E-state index contributed by atoms with van der Waals surface area (Å²) in [5.74, 6) is 5.67. The molecule has 0 saturated heterocycles. The average Bonchev–Trinajstić information content (AvgIpc) is 2.56. The van der Waals surface area contributed by atoms with Crippen LogP contribution in [0, 0.1) is 18.8 Å². The number of carbonyl (C=O) groups is 1. The first-order valence-electron chi connectivity index (χ1n) is 8.49. The highest BCUT2D eigenvalue weighted by Crippen LogP contribution is 2.20. The number of carbonyl (C=O) groups excluding carboxylic acids is 1. The van der Waals surface area contributed by atoms with Crippen molar-refractivity contribution in [2.45, 2.75) is 52.9 Å². The van der Waals surface area contributed by atoms with Crippen LogP contribution in [0.25, 0.3) is 0 Å². The van der Waals surface area contributed by atoms with E-state index in [1.165, 1.54) is 31.9 Å². The molecule has 0 amide bonds. The van der Waals surface area contributed by atoms with Crippen molar-refractivity contribution in [2.24, 2.45) is 0 Å². The van der Waals surface area contributed by atoms with Gasteiger partial charge in [-0.25, -0.2) is 4.79 Å². The van der Waals surface area contributed by atoms with Crippen LogP contribution in [-0.4, -0.2) is 26.2 Å². The first kappa shape index (κ1) is 19.3. The van der Waals surface area contributed by atoms with Crippen molar-refractivity contribution in [3.63, 3.8) is 0 Å². The van der Waals surface area contributed by atoms with Gasteiger partial charge in [-0.2, -0.15) is 0 Å². The van der Waals surface area contributed by atoms with E-state index in [-0.39, 0.29) is 5.97 Å². The number of ether oxygens (including phenoxy) is 1. The molecule has 0 unspecified atom stereocenters. The van der Waals surface area contributed by atoms with Crippen LogP contribution >= 0.6 is 0 Å². The molecule has 3 nitrogen and oxygen atoms in total. The molecule has 126 valence electrons. The Balaban J connectivity index is 2.70. The van der Waals surface area contributed by atoms with Crippen LogP contribution in [-0.2, 0) is 11.2 Å². The van der Waals surface area contributed by atoms with E-state index in [1.54, 1.807) is 0 Å². The van der Waals surface area contributed by atoms with E-state index in [4.69, 9.17) is 4.74 Å². The molecule has 1 rings (SSSR count). The van der Waals surface area contributed by atoms with E-state index >= 15 is 0 Å². The summed E-state index contributed by atoms with van der Waals surface area (Å²) in [4.78, 5) is 11.9. The van der Waals surface area contributed by atoms with Crippen LogP contribution < -0.4 is 5.32 Å². The van der Waals surface area contributed by atoms with Crippen molar-refractivity contribution in [3.05, 3.63) is 34.4 Å². The number of hydrogen-bond donors (Lipinski definition) is 1. The van der Waals surface area contributed by atoms with E-state index in [2.05, 4.69) is 30.1 Å². The molecule has 1 aromatic carbocycles. The second-order valence-corrected chi connectivity index (χ2v) is 5.69. The molecule has 0 aliphatic rings. The van der Waals surface area contributed by atoms with E-state index in [9.17, 15) is 4.79 Å². The monoisotopic (exact) mass is 315 g/mol. The van der Waals surface area contributed by atoms with Crippen LogP contribution in [0.1, 0.15) is 66.6 Å². The number of aryl methyl sites for hydroxylation is 1. The number of rotatable bonds is 9. The van der Waals surface area contributed by atoms with E-state index in [0.717, 1.165) is 37.1 Å². The third-order valence-electron chi connectivity index (χ3n) is 3.99. The number of hydrogen-bond acceptors (Lipinski definition) is 3. The standard InChI is InChI=1S/C20H29NO2/c1-5-11-17-14-18(12-9-7-8-10-13-21-6-2)16(3)19(15-17)20(22)23-4/h14-15,21H,6-10,12-13H2,1-4H3. The van der Waals surface area contributed by atoms with Gasteiger partial charge in [-0.3, -0.25) is 0 Å². The molecular weight excluding hydrogens is 286 g/mol. The van der Waals surface area contributed by atoms with E-state index in [0.29, 0.717) is 5.56 Å². The predicted molar refractivity (Wildman–Crippen MR) is 95.8 cm³/mol. The van der Waals surface area contributed by atoms with Gasteiger partial charge in [-0.05, 0) is 69.5 Å². The van der Waals surface area contributed by atoms with Gasteiger partial charge >= 0.3 is 5.97 Å². The summed E-state index contributed by atoms with van der Waals surface area (Å²) in [6.45, 7) is 8.08. The average molecular weight is 315 g/mol. The summed E-state index contributed by atoms with van der Waals surface area (Å²) >= 11 is 0. The molecular formula is C20H29NO2. The highest BCUT2D eigenvalue weighted by Gasteiger charge is 2.13. The highest BCUT2D eigenvalue weighted by molar-refractivity contribution is 5.91. The summed E-state index contributed by atoms with van der Waals surface area (Å²) in [6, 6.07) is 3.94. The maximum atomic E-state index is 11.9. The maximum Gasteiger partial charge on any atom is 0.338 e. The lowest BCUT2D eigenvalue weighted by molar-refractivity contribution is 0.0599. The summed E-state index contributed by atoms with van der Waals surface area (Å²) < 4.78 is 4.89. The third-order valence-corrected chi connectivity index (χ3v) is 3.99. The molecule has 0 aliphatic heterocycles. The lowest BCUT2D eigenvalue weighted by atomic mass is 9.95. The van der Waals surface area contributed by atoms with Crippen molar-refractivity contribution in [1.82, 2.24) is 5.32 Å². The van der Waals surface area contributed by atoms with Crippen LogP contribution in [0.4, 0.5) is 0 Å². The Bertz CT molecular complexity index is 567. The minimum absolute atomic E-state index is 0.283. The van der Waals surface area contributed by atoms with Gasteiger partial charge in [-0.15, -0.1) is 5.92 Å². The summed E-state index contributed by atoms with van der Waals surface area (Å²) in [7, 11) is 1.42. The fraction of sp³-hybridized carbons (Fsp3) is 0.550. The third kappa shape index (κ3) is 6.46. The van der Waals surface area contributed by atoms with E-state index < -0.39 is 0 Å². The van der Waals surface area contributed by atoms with Gasteiger partial charge < -0.3 is 10.1 Å². The molecule has 1 aromatic rings. The number of benzene rings is 1. The first-order chi connectivity index (χ1) is 11.1. The second-order valence-electron chi connectivity index (χ2n) is 5.69. The molecule has 0 atom stereocenters. The lowest BCUT2D eigenvalue weighted by Gasteiger charge is -2.11. The Kier molecular flexibility index (Phi) is 9.09. The molecule has 1 N–H and O–H groups in total. The molecule has 0 aliphatic carbocycles. The lowest BCUT2D eigenvalue weighted by Crippen LogP contribution is -2.13. The number of nitrogens with one attached hydrogen (secondary N) is 1.